The Morgan fingerprint density at radius 3 is 2.92 bits per heavy atom. The van der Waals surface area contributed by atoms with Gasteiger partial charge in [-0.1, -0.05) is 19.1 Å². The van der Waals surface area contributed by atoms with Crippen LogP contribution >= 0.6 is 0 Å². The molecular formula is C19H26N4O2. The van der Waals surface area contributed by atoms with Gasteiger partial charge in [0.1, 0.15) is 11.6 Å². The quantitative estimate of drug-likeness (QED) is 0.907. The van der Waals surface area contributed by atoms with Gasteiger partial charge in [-0.25, -0.2) is 0 Å². The molecule has 1 amide bonds. The van der Waals surface area contributed by atoms with Crippen LogP contribution in [-0.4, -0.2) is 35.4 Å². The van der Waals surface area contributed by atoms with Crippen LogP contribution in [0, 0.1) is 12.8 Å². The van der Waals surface area contributed by atoms with Crippen LogP contribution < -0.4 is 15.0 Å². The Bertz CT molecular complexity index is 741. The first kappa shape index (κ1) is 17.3. The molecule has 3 rings (SSSR count). The largest absolute Gasteiger partial charge is 0.482 e. The Balaban J connectivity index is 1.63. The number of hydrogen-bond acceptors (Lipinski definition) is 4. The fourth-order valence-electron chi connectivity index (χ4n) is 3.30. The fraction of sp³-hybridized carbons (Fsp3) is 0.474. The second-order valence-corrected chi connectivity index (χ2v) is 6.79. The van der Waals surface area contributed by atoms with Gasteiger partial charge in [-0.2, -0.15) is 5.10 Å². The number of nitrogens with zero attached hydrogens (tertiary/aromatic N) is 3. The second kappa shape index (κ2) is 7.59. The highest BCUT2D eigenvalue weighted by molar-refractivity contribution is 5.91. The molecule has 6 nitrogen and oxygen atoms in total. The molecule has 1 unspecified atom stereocenters. The summed E-state index contributed by atoms with van der Waals surface area (Å²) in [5.74, 6) is 1.92. The third kappa shape index (κ3) is 4.32. The molecular weight excluding hydrogens is 316 g/mol. The highest BCUT2D eigenvalue weighted by Gasteiger charge is 2.19. The zero-order chi connectivity index (χ0) is 17.8. The number of rotatable bonds is 5. The standard InChI is InChI=1S/C19H26N4O2/c1-14-7-6-10-23(12-14)16-8-4-5-9-17(16)25-13-19(24)20-18-11-15(2)21-22(18)3/h4-5,8-9,11,14H,6-7,10,12-13H2,1-3H3,(H,20,24). The van der Waals surface area contributed by atoms with Crippen LogP contribution in [0.3, 0.4) is 0 Å². The summed E-state index contributed by atoms with van der Waals surface area (Å²) in [5, 5.41) is 7.05. The Kier molecular flexibility index (Phi) is 5.26. The first-order valence-electron chi connectivity index (χ1n) is 8.80. The van der Waals surface area contributed by atoms with Crippen molar-refractivity contribution in [2.45, 2.75) is 26.7 Å². The number of carbonyl (C=O) groups excluding carboxylic acids is 1. The molecule has 1 aliphatic heterocycles. The Hall–Kier alpha value is -2.50. The summed E-state index contributed by atoms with van der Waals surface area (Å²) in [7, 11) is 1.80. The van der Waals surface area contributed by atoms with Crippen LogP contribution in [0.1, 0.15) is 25.5 Å². The van der Waals surface area contributed by atoms with Crippen molar-refractivity contribution in [3.8, 4) is 5.75 Å². The van der Waals surface area contributed by atoms with E-state index in [1.165, 1.54) is 12.8 Å². The van der Waals surface area contributed by atoms with Gasteiger partial charge in [0.15, 0.2) is 6.61 Å². The predicted octanol–water partition coefficient (Wildman–Crippen LogP) is 2.98. The van der Waals surface area contributed by atoms with Crippen molar-refractivity contribution < 1.29 is 9.53 Å². The number of aryl methyl sites for hydroxylation is 2. The average Bonchev–Trinajstić information content (AvgIpc) is 2.90. The maximum absolute atomic E-state index is 12.2. The van der Waals surface area contributed by atoms with Gasteiger partial charge in [0, 0.05) is 26.2 Å². The zero-order valence-corrected chi connectivity index (χ0v) is 15.2. The number of carbonyl (C=O) groups is 1. The number of amides is 1. The molecule has 1 aromatic heterocycles. The average molecular weight is 342 g/mol. The van der Waals surface area contributed by atoms with E-state index >= 15 is 0 Å². The first-order valence-corrected chi connectivity index (χ1v) is 8.80. The molecule has 1 fully saturated rings. The van der Waals surface area contributed by atoms with E-state index in [1.807, 2.05) is 31.2 Å². The summed E-state index contributed by atoms with van der Waals surface area (Å²) < 4.78 is 7.47. The van der Waals surface area contributed by atoms with Gasteiger partial charge in [0.2, 0.25) is 0 Å². The number of benzene rings is 1. The molecule has 1 saturated heterocycles. The molecule has 1 aromatic carbocycles. The van der Waals surface area contributed by atoms with E-state index in [2.05, 4.69) is 28.3 Å². The summed E-state index contributed by atoms with van der Waals surface area (Å²) in [6, 6.07) is 9.78. The maximum atomic E-state index is 12.2. The minimum Gasteiger partial charge on any atom is -0.482 e. The van der Waals surface area contributed by atoms with Gasteiger partial charge < -0.3 is 15.0 Å². The van der Waals surface area contributed by atoms with E-state index in [0.29, 0.717) is 11.7 Å². The molecule has 134 valence electrons. The zero-order valence-electron chi connectivity index (χ0n) is 15.2. The third-order valence-electron chi connectivity index (χ3n) is 4.49. The number of aromatic nitrogens is 2. The number of anilines is 2. The number of hydrogen-bond donors (Lipinski definition) is 1. The molecule has 25 heavy (non-hydrogen) atoms. The van der Waals surface area contributed by atoms with Gasteiger partial charge >= 0.3 is 0 Å². The number of piperidine rings is 1. The molecule has 6 heteroatoms. The van der Waals surface area contributed by atoms with Crippen LogP contribution in [0.4, 0.5) is 11.5 Å². The first-order chi connectivity index (χ1) is 12.0. The highest BCUT2D eigenvalue weighted by atomic mass is 16.5. The van der Waals surface area contributed by atoms with E-state index in [0.717, 1.165) is 30.2 Å². The van der Waals surface area contributed by atoms with Gasteiger partial charge in [-0.3, -0.25) is 9.48 Å². The predicted molar refractivity (Wildman–Crippen MR) is 99.1 cm³/mol. The van der Waals surface area contributed by atoms with Crippen LogP contribution in [0.25, 0.3) is 0 Å². The summed E-state index contributed by atoms with van der Waals surface area (Å²) in [5.41, 5.74) is 1.93. The lowest BCUT2D eigenvalue weighted by atomic mass is 9.99. The van der Waals surface area contributed by atoms with Crippen LogP contribution in [0.5, 0.6) is 5.75 Å². The SMILES string of the molecule is Cc1cc(NC(=O)COc2ccccc2N2CCCC(C)C2)n(C)n1. The number of para-hydroxylation sites is 2. The smallest absolute Gasteiger partial charge is 0.263 e. The molecule has 2 heterocycles. The Morgan fingerprint density at radius 1 is 1.40 bits per heavy atom. The molecule has 2 aromatic rings. The number of nitrogens with one attached hydrogen (secondary N) is 1. The van der Waals surface area contributed by atoms with E-state index < -0.39 is 0 Å². The van der Waals surface area contributed by atoms with Gasteiger partial charge in [-0.15, -0.1) is 0 Å². The molecule has 0 radical (unpaired) electrons. The summed E-state index contributed by atoms with van der Waals surface area (Å²) in [4.78, 5) is 14.5. The normalized spacial score (nSPS) is 17.4. The third-order valence-corrected chi connectivity index (χ3v) is 4.49. The summed E-state index contributed by atoms with van der Waals surface area (Å²) in [6.07, 6.45) is 2.46. The highest BCUT2D eigenvalue weighted by Crippen LogP contribution is 2.31. The molecule has 0 saturated carbocycles. The van der Waals surface area contributed by atoms with Gasteiger partial charge in [-0.05, 0) is 37.8 Å². The Morgan fingerprint density at radius 2 is 2.20 bits per heavy atom. The molecule has 0 spiro atoms. The lowest BCUT2D eigenvalue weighted by Crippen LogP contribution is -2.34. The molecule has 1 aliphatic rings. The van der Waals surface area contributed by atoms with Crippen molar-refractivity contribution in [3.05, 3.63) is 36.0 Å². The maximum Gasteiger partial charge on any atom is 0.263 e. The minimum absolute atomic E-state index is 0.0232. The van der Waals surface area contributed by atoms with Crippen LogP contribution in [0.15, 0.2) is 30.3 Å². The lowest BCUT2D eigenvalue weighted by Gasteiger charge is -2.33. The summed E-state index contributed by atoms with van der Waals surface area (Å²) in [6.45, 7) is 6.21. The van der Waals surface area contributed by atoms with Gasteiger partial charge in [0.05, 0.1) is 11.4 Å². The minimum atomic E-state index is -0.190. The lowest BCUT2D eigenvalue weighted by molar-refractivity contribution is -0.118. The molecule has 0 bridgehead atoms. The van der Waals surface area contributed by atoms with E-state index in [-0.39, 0.29) is 12.5 Å². The van der Waals surface area contributed by atoms with Crippen LogP contribution in [0.2, 0.25) is 0 Å². The van der Waals surface area contributed by atoms with Crippen molar-refractivity contribution in [1.82, 2.24) is 9.78 Å². The fourth-order valence-corrected chi connectivity index (χ4v) is 3.30. The Labute approximate surface area is 148 Å². The summed E-state index contributed by atoms with van der Waals surface area (Å²) >= 11 is 0. The van der Waals surface area contributed by atoms with Crippen molar-refractivity contribution >= 4 is 17.4 Å². The van der Waals surface area contributed by atoms with Crippen molar-refractivity contribution in [2.24, 2.45) is 13.0 Å². The molecule has 0 aliphatic carbocycles. The molecule has 1 N–H and O–H groups in total. The van der Waals surface area contributed by atoms with Crippen molar-refractivity contribution in [1.29, 1.82) is 0 Å². The number of ether oxygens (including phenoxy) is 1. The van der Waals surface area contributed by atoms with E-state index in [1.54, 1.807) is 11.7 Å². The monoisotopic (exact) mass is 342 g/mol. The van der Waals surface area contributed by atoms with Crippen LogP contribution in [-0.2, 0) is 11.8 Å². The van der Waals surface area contributed by atoms with E-state index in [4.69, 9.17) is 4.74 Å². The van der Waals surface area contributed by atoms with Crippen molar-refractivity contribution in [2.75, 3.05) is 29.9 Å². The molecule has 1 atom stereocenters. The second-order valence-electron chi connectivity index (χ2n) is 6.79. The van der Waals surface area contributed by atoms with E-state index in [9.17, 15) is 4.79 Å². The van der Waals surface area contributed by atoms with Gasteiger partial charge in [0.25, 0.3) is 5.91 Å². The topological polar surface area (TPSA) is 59.4 Å². The van der Waals surface area contributed by atoms with Crippen molar-refractivity contribution in [3.63, 3.8) is 0 Å².